The normalized spacial score (nSPS) is 10.7. The maximum absolute atomic E-state index is 11.8. The van der Waals surface area contributed by atoms with Gasteiger partial charge in [0.05, 0.1) is 24.3 Å². The Morgan fingerprint density at radius 2 is 2.35 bits per heavy atom. The van der Waals surface area contributed by atoms with Crippen molar-refractivity contribution < 1.29 is 9.21 Å². The fourth-order valence-corrected chi connectivity index (χ4v) is 3.25. The van der Waals surface area contributed by atoms with E-state index in [4.69, 9.17) is 4.42 Å². The van der Waals surface area contributed by atoms with Crippen molar-refractivity contribution in [2.75, 3.05) is 11.5 Å². The molecule has 0 aliphatic rings. The summed E-state index contributed by atoms with van der Waals surface area (Å²) >= 11 is 2.96. The lowest BCUT2D eigenvalue weighted by molar-refractivity contribution is -0.118. The van der Waals surface area contributed by atoms with Crippen LogP contribution >= 0.6 is 23.5 Å². The Labute approximate surface area is 142 Å². The van der Waals surface area contributed by atoms with Crippen LogP contribution in [0.1, 0.15) is 24.8 Å². The molecule has 23 heavy (non-hydrogen) atoms. The van der Waals surface area contributed by atoms with Gasteiger partial charge in [0.15, 0.2) is 5.16 Å². The molecule has 2 N–H and O–H groups in total. The first-order valence-electron chi connectivity index (χ1n) is 7.27. The van der Waals surface area contributed by atoms with Gasteiger partial charge in [-0.25, -0.2) is 4.98 Å². The van der Waals surface area contributed by atoms with E-state index in [1.54, 1.807) is 30.2 Å². The van der Waals surface area contributed by atoms with Crippen molar-refractivity contribution in [2.45, 2.75) is 30.8 Å². The molecule has 0 saturated carbocycles. The topological polar surface area (TPSA) is 88.0 Å². The van der Waals surface area contributed by atoms with Gasteiger partial charge in [-0.15, -0.1) is 0 Å². The SMILES string of the molecule is CCCSCc1cc(=O)[nH]c(SCC(=O)NCc2ccco2)n1. The van der Waals surface area contributed by atoms with Crippen LogP contribution in [0, 0.1) is 0 Å². The molecule has 0 radical (unpaired) electrons. The number of furan rings is 1. The lowest BCUT2D eigenvalue weighted by Gasteiger charge is -2.05. The van der Waals surface area contributed by atoms with E-state index in [9.17, 15) is 9.59 Å². The second kappa shape index (κ2) is 9.46. The summed E-state index contributed by atoms with van der Waals surface area (Å²) in [7, 11) is 0. The summed E-state index contributed by atoms with van der Waals surface area (Å²) < 4.78 is 5.14. The lowest BCUT2D eigenvalue weighted by atomic mass is 10.4. The van der Waals surface area contributed by atoms with Crippen LogP contribution in [0.2, 0.25) is 0 Å². The third-order valence-corrected chi connectivity index (χ3v) is 4.82. The molecule has 2 aromatic heterocycles. The Kier molecular flexibility index (Phi) is 7.28. The summed E-state index contributed by atoms with van der Waals surface area (Å²) in [6.07, 6.45) is 2.65. The molecule has 0 aromatic carbocycles. The Bertz CT molecular complexity index is 671. The van der Waals surface area contributed by atoms with Crippen molar-refractivity contribution in [3.8, 4) is 0 Å². The van der Waals surface area contributed by atoms with Gasteiger partial charge >= 0.3 is 0 Å². The van der Waals surface area contributed by atoms with Crippen LogP contribution in [-0.2, 0) is 17.1 Å². The molecule has 0 aliphatic heterocycles. The summed E-state index contributed by atoms with van der Waals surface area (Å²) in [4.78, 5) is 30.5. The van der Waals surface area contributed by atoms with Crippen LogP contribution in [0.4, 0.5) is 0 Å². The van der Waals surface area contributed by atoms with Crippen molar-refractivity contribution in [1.82, 2.24) is 15.3 Å². The highest BCUT2D eigenvalue weighted by atomic mass is 32.2. The number of aromatic nitrogens is 2. The number of hydrogen-bond acceptors (Lipinski definition) is 6. The van der Waals surface area contributed by atoms with E-state index in [2.05, 4.69) is 22.2 Å². The first-order chi connectivity index (χ1) is 11.2. The molecule has 0 bridgehead atoms. The standard InChI is InChI=1S/C15H19N3O3S2/c1-2-6-22-9-11-7-13(19)18-15(17-11)23-10-14(20)16-8-12-4-3-5-21-12/h3-5,7H,2,6,8-10H2,1H3,(H,16,20)(H,17,18,19). The summed E-state index contributed by atoms with van der Waals surface area (Å²) in [5.74, 6) is 2.49. The average molecular weight is 353 g/mol. The lowest BCUT2D eigenvalue weighted by Crippen LogP contribution is -2.24. The van der Waals surface area contributed by atoms with Gasteiger partial charge in [-0.2, -0.15) is 11.8 Å². The molecule has 2 aromatic rings. The summed E-state index contributed by atoms with van der Waals surface area (Å²) in [6.45, 7) is 2.46. The summed E-state index contributed by atoms with van der Waals surface area (Å²) in [5, 5.41) is 3.22. The number of amides is 1. The largest absolute Gasteiger partial charge is 0.467 e. The number of thioether (sulfide) groups is 2. The Balaban J connectivity index is 1.82. The van der Waals surface area contributed by atoms with E-state index in [0.717, 1.165) is 17.9 Å². The van der Waals surface area contributed by atoms with E-state index in [1.165, 1.54) is 17.8 Å². The molecule has 124 valence electrons. The highest BCUT2D eigenvalue weighted by molar-refractivity contribution is 7.99. The maximum Gasteiger partial charge on any atom is 0.251 e. The predicted octanol–water partition coefficient (Wildman–Crippen LogP) is 2.41. The zero-order valence-corrected chi connectivity index (χ0v) is 14.5. The van der Waals surface area contributed by atoms with Crippen molar-refractivity contribution in [3.63, 3.8) is 0 Å². The number of rotatable bonds is 9. The van der Waals surface area contributed by atoms with Gasteiger partial charge in [0.1, 0.15) is 5.76 Å². The Hall–Kier alpha value is -1.67. The van der Waals surface area contributed by atoms with Crippen LogP contribution in [0.5, 0.6) is 0 Å². The number of aromatic amines is 1. The molecule has 0 fully saturated rings. The number of H-pyrrole nitrogens is 1. The smallest absolute Gasteiger partial charge is 0.251 e. The van der Waals surface area contributed by atoms with E-state index >= 15 is 0 Å². The quantitative estimate of drug-likeness (QED) is 0.409. The van der Waals surface area contributed by atoms with Crippen molar-refractivity contribution in [2.24, 2.45) is 0 Å². The molecule has 0 atom stereocenters. The molecule has 0 spiro atoms. The first-order valence-corrected chi connectivity index (χ1v) is 9.41. The number of carbonyl (C=O) groups excluding carboxylic acids is 1. The number of carbonyl (C=O) groups is 1. The minimum absolute atomic E-state index is 0.139. The van der Waals surface area contributed by atoms with E-state index in [0.29, 0.717) is 23.2 Å². The molecule has 8 heteroatoms. The molecule has 2 rings (SSSR count). The molecule has 0 saturated heterocycles. The van der Waals surface area contributed by atoms with Crippen LogP contribution in [0.15, 0.2) is 38.8 Å². The van der Waals surface area contributed by atoms with E-state index in [-0.39, 0.29) is 17.2 Å². The molecule has 0 unspecified atom stereocenters. The zero-order chi connectivity index (χ0) is 16.5. The third-order valence-electron chi connectivity index (χ3n) is 2.75. The van der Waals surface area contributed by atoms with Crippen LogP contribution in [-0.4, -0.2) is 27.4 Å². The van der Waals surface area contributed by atoms with Crippen LogP contribution in [0.3, 0.4) is 0 Å². The van der Waals surface area contributed by atoms with Crippen molar-refractivity contribution in [3.05, 3.63) is 46.3 Å². The Morgan fingerprint density at radius 1 is 1.48 bits per heavy atom. The minimum Gasteiger partial charge on any atom is -0.467 e. The maximum atomic E-state index is 11.8. The van der Waals surface area contributed by atoms with Crippen LogP contribution < -0.4 is 10.9 Å². The predicted molar refractivity (Wildman–Crippen MR) is 92.6 cm³/mol. The zero-order valence-electron chi connectivity index (χ0n) is 12.8. The second-order valence-electron chi connectivity index (χ2n) is 4.74. The fourth-order valence-electron chi connectivity index (χ4n) is 1.73. The van der Waals surface area contributed by atoms with Crippen LogP contribution in [0.25, 0.3) is 0 Å². The first kappa shape index (κ1) is 17.7. The Morgan fingerprint density at radius 3 is 3.09 bits per heavy atom. The number of nitrogens with zero attached hydrogens (tertiary/aromatic N) is 1. The molecule has 6 nitrogen and oxygen atoms in total. The van der Waals surface area contributed by atoms with Gasteiger partial charge in [-0.05, 0) is 24.3 Å². The average Bonchev–Trinajstić information content (AvgIpc) is 3.04. The second-order valence-corrected chi connectivity index (χ2v) is 6.81. The summed E-state index contributed by atoms with van der Waals surface area (Å²) in [5.41, 5.74) is 0.552. The molecular weight excluding hydrogens is 334 g/mol. The minimum atomic E-state index is -0.189. The van der Waals surface area contributed by atoms with Gasteiger partial charge in [0.25, 0.3) is 5.56 Å². The third kappa shape index (κ3) is 6.54. The highest BCUT2D eigenvalue weighted by Crippen LogP contribution is 2.14. The van der Waals surface area contributed by atoms with Gasteiger partial charge in [0.2, 0.25) is 5.91 Å². The summed E-state index contributed by atoms with van der Waals surface area (Å²) in [6, 6.07) is 5.07. The van der Waals surface area contributed by atoms with Gasteiger partial charge in [-0.3, -0.25) is 9.59 Å². The van der Waals surface area contributed by atoms with E-state index < -0.39 is 0 Å². The monoisotopic (exact) mass is 353 g/mol. The molecular formula is C15H19N3O3S2. The van der Waals surface area contributed by atoms with Gasteiger partial charge in [0, 0.05) is 11.8 Å². The fraction of sp³-hybridized carbons (Fsp3) is 0.400. The molecule has 2 heterocycles. The molecule has 1 amide bonds. The number of nitrogens with one attached hydrogen (secondary N) is 2. The van der Waals surface area contributed by atoms with Gasteiger partial charge in [-0.1, -0.05) is 18.7 Å². The van der Waals surface area contributed by atoms with Crippen molar-refractivity contribution in [1.29, 1.82) is 0 Å². The number of hydrogen-bond donors (Lipinski definition) is 2. The van der Waals surface area contributed by atoms with E-state index in [1.807, 2.05) is 0 Å². The highest BCUT2D eigenvalue weighted by Gasteiger charge is 2.07. The van der Waals surface area contributed by atoms with Crippen molar-refractivity contribution >= 4 is 29.4 Å². The molecule has 0 aliphatic carbocycles. The van der Waals surface area contributed by atoms with Gasteiger partial charge < -0.3 is 14.7 Å².